The number of hydrogen-bond donors (Lipinski definition) is 1. The Labute approximate surface area is 207 Å². The quantitative estimate of drug-likeness (QED) is 0.322. The van der Waals surface area contributed by atoms with E-state index in [0.29, 0.717) is 5.56 Å². The molecule has 0 bridgehead atoms. The molecule has 1 heterocycles. The van der Waals surface area contributed by atoms with E-state index in [9.17, 15) is 4.79 Å². The van der Waals surface area contributed by atoms with Crippen molar-refractivity contribution in [2.45, 2.75) is 56.9 Å². The van der Waals surface area contributed by atoms with Gasteiger partial charge in [-0.3, -0.25) is 0 Å². The molecule has 0 radical (unpaired) electrons. The first-order valence-electron chi connectivity index (χ1n) is 12.3. The van der Waals surface area contributed by atoms with Crippen molar-refractivity contribution in [2.24, 2.45) is 0 Å². The summed E-state index contributed by atoms with van der Waals surface area (Å²) in [5, 5.41) is 18.2. The topological polar surface area (TPSA) is 64.3 Å². The number of carboxylic acids is 1. The number of nitrogens with zero attached hydrogens (tertiary/aromatic N) is 2. The number of hydrogen-bond acceptors (Lipinski definition) is 3. The third-order valence-electron chi connectivity index (χ3n) is 8.27. The molecule has 4 heteroatoms. The molecule has 1 saturated carbocycles. The van der Waals surface area contributed by atoms with E-state index in [0.717, 1.165) is 17.5 Å². The average Bonchev–Trinajstić information content (AvgIpc) is 2.94. The molecule has 1 aliphatic heterocycles. The van der Waals surface area contributed by atoms with Crippen LogP contribution in [0.1, 0.15) is 57.1 Å². The summed E-state index contributed by atoms with van der Waals surface area (Å²) in [6, 6.07) is 27.1. The van der Waals surface area contributed by atoms with Crippen LogP contribution in [0.5, 0.6) is 0 Å². The Morgan fingerprint density at radius 2 is 1.63 bits per heavy atom. The summed E-state index contributed by atoms with van der Waals surface area (Å²) in [4.78, 5) is 13.7. The largest absolute Gasteiger partial charge is 0.477 e. The number of fused-ring (bicyclic) bond motifs is 3. The van der Waals surface area contributed by atoms with Gasteiger partial charge < -0.3 is 10.0 Å². The summed E-state index contributed by atoms with van der Waals surface area (Å²) in [7, 11) is 0. The highest BCUT2D eigenvalue weighted by atomic mass is 16.4. The highest BCUT2D eigenvalue weighted by Crippen LogP contribution is 2.60. The number of aliphatic carboxylic acids is 1. The first kappa shape index (κ1) is 22.9. The highest BCUT2D eigenvalue weighted by Gasteiger charge is 2.56. The third-order valence-corrected chi connectivity index (χ3v) is 8.27. The minimum Gasteiger partial charge on any atom is -0.477 e. The number of anilines is 2. The Bertz CT molecular complexity index is 1340. The summed E-state index contributed by atoms with van der Waals surface area (Å²) in [6.07, 6.45) is 7.49. The van der Waals surface area contributed by atoms with Gasteiger partial charge in [0.15, 0.2) is 0 Å². The molecule has 176 valence electrons. The van der Waals surface area contributed by atoms with Crippen LogP contribution in [0.4, 0.5) is 11.4 Å². The Kier molecular flexibility index (Phi) is 5.73. The Balaban J connectivity index is 1.59. The number of rotatable bonds is 4. The van der Waals surface area contributed by atoms with Gasteiger partial charge in [-0.2, -0.15) is 5.26 Å². The second-order valence-corrected chi connectivity index (χ2v) is 10.2. The predicted octanol–water partition coefficient (Wildman–Crippen LogP) is 7.48. The van der Waals surface area contributed by atoms with Gasteiger partial charge >= 0.3 is 5.97 Å². The SMILES string of the molecule is CC12CCCCCC1(C)N(c1ccccc1)c1ccc(-c3ccc(/C=C(\C#N)C(=O)O)cc3)cc12. The third kappa shape index (κ3) is 3.72. The van der Waals surface area contributed by atoms with Crippen molar-refractivity contribution in [3.63, 3.8) is 0 Å². The first-order valence-corrected chi connectivity index (χ1v) is 12.3. The van der Waals surface area contributed by atoms with Crippen LogP contribution in [0.25, 0.3) is 17.2 Å². The lowest BCUT2D eigenvalue weighted by molar-refractivity contribution is -0.132. The van der Waals surface area contributed by atoms with Crippen molar-refractivity contribution >= 4 is 23.4 Å². The van der Waals surface area contributed by atoms with E-state index in [2.05, 4.69) is 67.3 Å². The van der Waals surface area contributed by atoms with Gasteiger partial charge in [0.1, 0.15) is 11.6 Å². The fourth-order valence-electron chi connectivity index (χ4n) is 6.15. The molecule has 3 aromatic rings. The fourth-order valence-corrected chi connectivity index (χ4v) is 6.15. The summed E-state index contributed by atoms with van der Waals surface area (Å²) >= 11 is 0. The van der Waals surface area contributed by atoms with Crippen molar-refractivity contribution in [1.82, 2.24) is 0 Å². The molecule has 3 aromatic carbocycles. The molecule has 5 rings (SSSR count). The van der Waals surface area contributed by atoms with Crippen LogP contribution in [0.15, 0.2) is 78.4 Å². The van der Waals surface area contributed by atoms with Crippen molar-refractivity contribution < 1.29 is 9.90 Å². The summed E-state index contributed by atoms with van der Waals surface area (Å²) in [6.45, 7) is 4.90. The highest BCUT2D eigenvalue weighted by molar-refractivity contribution is 5.96. The molecule has 2 unspecified atom stereocenters. The molecule has 2 aliphatic rings. The van der Waals surface area contributed by atoms with Crippen LogP contribution in [0.2, 0.25) is 0 Å². The standard InChI is InChI=1S/C31H30N2O2/c1-30-17-7-4-8-18-31(30,2)33(26-9-5-3-6-10-26)28-16-15-24(20-27(28)30)23-13-11-22(12-14-23)19-25(21-32)29(34)35/h3,5-6,9-16,19-20H,4,7-8,17-18H2,1-2H3,(H,34,35)/b25-19+. The summed E-state index contributed by atoms with van der Waals surface area (Å²) in [5.41, 5.74) is 6.66. The van der Waals surface area contributed by atoms with E-state index < -0.39 is 5.97 Å². The summed E-state index contributed by atoms with van der Waals surface area (Å²) in [5.74, 6) is -1.21. The van der Waals surface area contributed by atoms with Gasteiger partial charge in [-0.1, -0.05) is 74.7 Å². The van der Waals surface area contributed by atoms with E-state index in [1.165, 1.54) is 48.7 Å². The molecule has 0 saturated heterocycles. The van der Waals surface area contributed by atoms with Crippen LogP contribution in [-0.4, -0.2) is 16.6 Å². The van der Waals surface area contributed by atoms with Crippen molar-refractivity contribution in [2.75, 3.05) is 4.90 Å². The van der Waals surface area contributed by atoms with Crippen LogP contribution < -0.4 is 4.90 Å². The van der Waals surface area contributed by atoms with Gasteiger partial charge in [0.05, 0.1) is 5.54 Å². The van der Waals surface area contributed by atoms with Crippen molar-refractivity contribution in [3.8, 4) is 17.2 Å². The lowest BCUT2D eigenvalue weighted by atomic mass is 9.66. The van der Waals surface area contributed by atoms with Crippen molar-refractivity contribution in [3.05, 3.63) is 89.5 Å². The van der Waals surface area contributed by atoms with E-state index >= 15 is 0 Å². The maximum atomic E-state index is 11.2. The average molecular weight is 463 g/mol. The zero-order valence-corrected chi connectivity index (χ0v) is 20.3. The molecule has 1 N–H and O–H groups in total. The Morgan fingerprint density at radius 3 is 2.31 bits per heavy atom. The number of carboxylic acid groups (broad SMARTS) is 1. The Morgan fingerprint density at radius 1 is 0.943 bits per heavy atom. The normalized spacial score (nSPS) is 23.7. The lowest BCUT2D eigenvalue weighted by Crippen LogP contribution is -2.52. The molecule has 0 aromatic heterocycles. The second kappa shape index (κ2) is 8.74. The number of nitriles is 1. The second-order valence-electron chi connectivity index (χ2n) is 10.2. The van der Waals surface area contributed by atoms with Crippen LogP contribution in [0.3, 0.4) is 0 Å². The molecule has 2 atom stereocenters. The van der Waals surface area contributed by atoms with Gasteiger partial charge in [0, 0.05) is 16.8 Å². The molecule has 35 heavy (non-hydrogen) atoms. The smallest absolute Gasteiger partial charge is 0.346 e. The predicted molar refractivity (Wildman–Crippen MR) is 141 cm³/mol. The van der Waals surface area contributed by atoms with Crippen LogP contribution in [0, 0.1) is 11.3 Å². The minimum atomic E-state index is -1.21. The number of para-hydroxylation sites is 1. The van der Waals surface area contributed by atoms with Gasteiger partial charge in [0.25, 0.3) is 0 Å². The zero-order chi connectivity index (χ0) is 24.6. The first-order chi connectivity index (χ1) is 16.9. The van der Waals surface area contributed by atoms with Crippen molar-refractivity contribution in [1.29, 1.82) is 5.26 Å². The van der Waals surface area contributed by atoms with Gasteiger partial charge in [-0.05, 0) is 72.4 Å². The van der Waals surface area contributed by atoms with E-state index in [-0.39, 0.29) is 16.5 Å². The maximum Gasteiger partial charge on any atom is 0.346 e. The minimum absolute atomic E-state index is 0.00495. The zero-order valence-electron chi connectivity index (χ0n) is 20.3. The van der Waals surface area contributed by atoms with Gasteiger partial charge in [-0.15, -0.1) is 0 Å². The van der Waals surface area contributed by atoms with Gasteiger partial charge in [0.2, 0.25) is 0 Å². The van der Waals surface area contributed by atoms with E-state index in [1.54, 1.807) is 6.07 Å². The lowest BCUT2D eigenvalue weighted by Gasteiger charge is -2.46. The molecule has 0 spiro atoms. The Hall–Kier alpha value is -3.84. The summed E-state index contributed by atoms with van der Waals surface area (Å²) < 4.78 is 0. The number of benzene rings is 3. The maximum absolute atomic E-state index is 11.2. The van der Waals surface area contributed by atoms with Crippen LogP contribution in [-0.2, 0) is 10.2 Å². The van der Waals surface area contributed by atoms with Crippen LogP contribution >= 0.6 is 0 Å². The molecule has 1 fully saturated rings. The fraction of sp³-hybridized carbons (Fsp3) is 0.290. The van der Waals surface area contributed by atoms with E-state index in [1.807, 2.05) is 24.3 Å². The van der Waals surface area contributed by atoms with Gasteiger partial charge in [-0.25, -0.2) is 4.79 Å². The molecule has 0 amide bonds. The monoisotopic (exact) mass is 462 g/mol. The molecular formula is C31H30N2O2. The van der Waals surface area contributed by atoms with E-state index in [4.69, 9.17) is 10.4 Å². The molecular weight excluding hydrogens is 432 g/mol. The number of carbonyl (C=O) groups is 1. The molecule has 1 aliphatic carbocycles. The molecule has 4 nitrogen and oxygen atoms in total.